The largest absolute Gasteiger partial charge is 0.456 e. The third-order valence-electron chi connectivity index (χ3n) is 12.1. The highest BCUT2D eigenvalue weighted by atomic mass is 16.3. The molecule has 2 aliphatic rings. The lowest BCUT2D eigenvalue weighted by molar-refractivity contribution is 0.353. The summed E-state index contributed by atoms with van der Waals surface area (Å²) in [5.74, 6) is 1.76. The van der Waals surface area contributed by atoms with E-state index >= 15 is 0 Å². The molecule has 2 aromatic heterocycles. The van der Waals surface area contributed by atoms with E-state index in [2.05, 4.69) is 116 Å². The highest BCUT2D eigenvalue weighted by Gasteiger charge is 2.44. The Morgan fingerprint density at radius 3 is 1.95 bits per heavy atom. The molecule has 0 saturated heterocycles. The number of aromatic nitrogens is 3. The third-order valence-corrected chi connectivity index (χ3v) is 12.1. The van der Waals surface area contributed by atoms with Gasteiger partial charge in [0.25, 0.3) is 0 Å². The highest BCUT2D eigenvalue weighted by Crippen LogP contribution is 2.56. The van der Waals surface area contributed by atoms with Gasteiger partial charge in [0.15, 0.2) is 17.5 Å². The topological polar surface area (TPSA) is 75.6 Å². The summed E-state index contributed by atoms with van der Waals surface area (Å²) in [6.45, 7) is 6.02. The number of hydrogen-bond donors (Lipinski definition) is 0. The van der Waals surface area contributed by atoms with Crippen LogP contribution in [0.2, 0.25) is 0 Å². The first-order chi connectivity index (χ1) is 28.5. The molecule has 0 unspecified atom stereocenters. The summed E-state index contributed by atoms with van der Waals surface area (Å²) in [6.07, 6.45) is 13.8. The highest BCUT2D eigenvalue weighted by molar-refractivity contribution is 6.05. The smallest absolute Gasteiger partial charge is 0.164 e. The normalized spacial score (nSPS) is 14.5. The van der Waals surface area contributed by atoms with E-state index in [0.29, 0.717) is 17.5 Å². The Morgan fingerprint density at radius 2 is 1.24 bits per heavy atom. The first-order valence-corrected chi connectivity index (χ1v) is 20.1. The number of para-hydroxylation sites is 1. The van der Waals surface area contributed by atoms with Crippen LogP contribution in [-0.4, -0.2) is 15.0 Å². The fourth-order valence-electron chi connectivity index (χ4n) is 9.17. The second-order valence-electron chi connectivity index (χ2n) is 15.4. The summed E-state index contributed by atoms with van der Waals surface area (Å²) in [6, 6.07) is 46.7. The van der Waals surface area contributed by atoms with Crippen molar-refractivity contribution in [3.05, 3.63) is 181 Å². The average Bonchev–Trinajstić information content (AvgIpc) is 3.78. The minimum absolute atomic E-state index is 0.0386. The minimum atomic E-state index is -0.0386. The second-order valence-corrected chi connectivity index (χ2v) is 15.4. The van der Waals surface area contributed by atoms with Crippen LogP contribution in [0.3, 0.4) is 0 Å². The zero-order valence-corrected chi connectivity index (χ0v) is 32.4. The molecule has 2 aliphatic carbocycles. The summed E-state index contributed by atoms with van der Waals surface area (Å²) < 4.78 is 6.26. The van der Waals surface area contributed by atoms with E-state index in [1.165, 1.54) is 47.1 Å². The fraction of sp³-hybridized carbons (Fsp3) is 0.132. The van der Waals surface area contributed by atoms with Gasteiger partial charge in [-0.05, 0) is 101 Å². The van der Waals surface area contributed by atoms with Crippen LogP contribution in [0.5, 0.6) is 0 Å². The van der Waals surface area contributed by atoms with Crippen LogP contribution in [0, 0.1) is 11.3 Å². The third kappa shape index (κ3) is 5.97. The quantitative estimate of drug-likeness (QED) is 0.152. The number of nitrogens with zero attached hydrogens (tertiary/aromatic N) is 4. The van der Waals surface area contributed by atoms with Crippen LogP contribution in [0.15, 0.2) is 163 Å². The van der Waals surface area contributed by atoms with Crippen molar-refractivity contribution in [3.8, 4) is 62.5 Å². The summed E-state index contributed by atoms with van der Waals surface area (Å²) in [7, 11) is 0. The Kier molecular flexibility index (Phi) is 8.76. The van der Waals surface area contributed by atoms with Gasteiger partial charge in [0, 0.05) is 32.9 Å². The number of rotatable bonds is 7. The van der Waals surface area contributed by atoms with Gasteiger partial charge >= 0.3 is 0 Å². The summed E-state index contributed by atoms with van der Waals surface area (Å²) >= 11 is 0. The molecule has 6 aromatic carbocycles. The van der Waals surface area contributed by atoms with E-state index in [-0.39, 0.29) is 5.41 Å². The molecule has 1 saturated carbocycles. The van der Waals surface area contributed by atoms with Crippen LogP contribution in [0.25, 0.3) is 83.9 Å². The Bertz CT molecular complexity index is 3010. The number of nitriles is 1. The molecular formula is C53H40N4O. The first kappa shape index (κ1) is 35.3. The van der Waals surface area contributed by atoms with Gasteiger partial charge in [-0.3, -0.25) is 0 Å². The maximum Gasteiger partial charge on any atom is 0.164 e. The van der Waals surface area contributed by atoms with Crippen LogP contribution < -0.4 is 0 Å². The Morgan fingerprint density at radius 1 is 0.638 bits per heavy atom. The molecule has 1 fully saturated rings. The number of allylic oxidation sites excluding steroid dienone is 5. The van der Waals surface area contributed by atoms with Crippen molar-refractivity contribution < 1.29 is 4.42 Å². The van der Waals surface area contributed by atoms with Gasteiger partial charge in [-0.1, -0.05) is 141 Å². The average molecular weight is 749 g/mol. The lowest BCUT2D eigenvalue weighted by Crippen LogP contribution is -2.28. The van der Waals surface area contributed by atoms with E-state index in [1.807, 2.05) is 55.5 Å². The molecule has 0 atom stereocenters. The van der Waals surface area contributed by atoms with E-state index in [1.54, 1.807) is 0 Å². The van der Waals surface area contributed by atoms with E-state index in [9.17, 15) is 5.26 Å². The second kappa shape index (κ2) is 14.4. The molecule has 278 valence electrons. The monoisotopic (exact) mass is 748 g/mol. The molecule has 10 rings (SSSR count). The van der Waals surface area contributed by atoms with Gasteiger partial charge in [-0.2, -0.15) is 5.26 Å². The molecule has 58 heavy (non-hydrogen) atoms. The number of fused-ring (bicyclic) bond motifs is 8. The molecule has 8 aromatic rings. The van der Waals surface area contributed by atoms with Crippen LogP contribution in [0.4, 0.5) is 0 Å². The first-order valence-electron chi connectivity index (χ1n) is 20.1. The SMILES string of the molecule is C=C/C(=C\C=C/C)c1ccc(-c2nc(-c3ccc(-c4ccc5c(c4)C4(CCCCC4)c4cc(C#N)ccc4-5)cc3)nc(-c3ccc4c(c3)oc3ccccc34)n2)cc1. The molecule has 0 bridgehead atoms. The Labute approximate surface area is 338 Å². The molecule has 0 amide bonds. The van der Waals surface area contributed by atoms with E-state index in [4.69, 9.17) is 19.4 Å². The van der Waals surface area contributed by atoms with Gasteiger partial charge in [0.1, 0.15) is 11.2 Å². The maximum absolute atomic E-state index is 9.77. The lowest BCUT2D eigenvalue weighted by Gasteiger charge is -2.36. The predicted octanol–water partition coefficient (Wildman–Crippen LogP) is 13.7. The van der Waals surface area contributed by atoms with Crippen LogP contribution in [0.1, 0.15) is 61.3 Å². The van der Waals surface area contributed by atoms with Gasteiger partial charge < -0.3 is 4.42 Å². The number of benzene rings is 6. The van der Waals surface area contributed by atoms with Crippen molar-refractivity contribution in [2.24, 2.45) is 0 Å². The molecule has 2 heterocycles. The van der Waals surface area contributed by atoms with Gasteiger partial charge in [0.05, 0.1) is 11.6 Å². The zero-order valence-electron chi connectivity index (χ0n) is 32.4. The molecule has 1 spiro atoms. The summed E-state index contributed by atoms with van der Waals surface area (Å²) in [5.41, 5.74) is 14.7. The van der Waals surface area contributed by atoms with Crippen molar-refractivity contribution in [3.63, 3.8) is 0 Å². The molecular weight excluding hydrogens is 709 g/mol. The van der Waals surface area contributed by atoms with Crippen molar-refractivity contribution in [2.75, 3.05) is 0 Å². The van der Waals surface area contributed by atoms with E-state index in [0.717, 1.165) is 73.7 Å². The lowest BCUT2D eigenvalue weighted by atomic mass is 9.67. The molecule has 5 nitrogen and oxygen atoms in total. The van der Waals surface area contributed by atoms with Gasteiger partial charge in [-0.15, -0.1) is 0 Å². The molecule has 0 N–H and O–H groups in total. The fourth-order valence-corrected chi connectivity index (χ4v) is 9.17. The Hall–Kier alpha value is -7.16. The summed E-state index contributed by atoms with van der Waals surface area (Å²) in [5, 5.41) is 11.9. The summed E-state index contributed by atoms with van der Waals surface area (Å²) in [4.78, 5) is 15.2. The molecule has 0 radical (unpaired) electrons. The van der Waals surface area contributed by atoms with Crippen molar-refractivity contribution in [1.29, 1.82) is 5.26 Å². The maximum atomic E-state index is 9.77. The van der Waals surface area contributed by atoms with Crippen molar-refractivity contribution >= 4 is 27.5 Å². The van der Waals surface area contributed by atoms with Crippen LogP contribution in [-0.2, 0) is 5.41 Å². The number of hydrogen-bond acceptors (Lipinski definition) is 5. The molecule has 5 heteroatoms. The van der Waals surface area contributed by atoms with Crippen molar-refractivity contribution in [1.82, 2.24) is 15.0 Å². The number of furan rings is 1. The standard InChI is InChI=1S/C53H40N4O/c1-3-5-11-35(4-2)36-15-19-38(20-16-36)50-55-51(57-52(56-50)41-24-27-45-44-12-7-8-13-48(44)58-49(45)32-41)39-21-17-37(18-22-39)40-23-26-43-42-25-14-34(33-54)30-46(42)53(47(43)31-40)28-9-6-10-29-53/h3-5,7-8,11-27,30-32H,2,6,9-10,28-29H2,1H3/b5-3-,35-11+. The minimum Gasteiger partial charge on any atom is -0.456 e. The van der Waals surface area contributed by atoms with Gasteiger partial charge in [0.2, 0.25) is 0 Å². The zero-order chi connectivity index (χ0) is 39.2. The Balaban J connectivity index is 1.04. The van der Waals surface area contributed by atoms with Gasteiger partial charge in [-0.25, -0.2) is 15.0 Å². The predicted molar refractivity (Wildman–Crippen MR) is 236 cm³/mol. The van der Waals surface area contributed by atoms with E-state index < -0.39 is 0 Å². The molecule has 0 aliphatic heterocycles. The van der Waals surface area contributed by atoms with Crippen molar-refractivity contribution in [2.45, 2.75) is 44.4 Å². The van der Waals surface area contributed by atoms with Crippen LogP contribution >= 0.6 is 0 Å².